The predicted molar refractivity (Wildman–Crippen MR) is 66.1 cm³/mol. The molecule has 0 aliphatic heterocycles. The van der Waals surface area contributed by atoms with E-state index in [4.69, 9.17) is 4.74 Å². The number of nitrogens with one attached hydrogen (secondary N) is 1. The fourth-order valence-electron chi connectivity index (χ4n) is 1.34. The van der Waals surface area contributed by atoms with Gasteiger partial charge in [-0.3, -0.25) is 4.79 Å². The molecule has 0 radical (unpaired) electrons. The Balaban J connectivity index is 2.53. The van der Waals surface area contributed by atoms with Gasteiger partial charge < -0.3 is 14.8 Å². The molecule has 2 atom stereocenters. The summed E-state index contributed by atoms with van der Waals surface area (Å²) in [4.78, 5) is 22.9. The van der Waals surface area contributed by atoms with Gasteiger partial charge in [-0.05, 0) is 38.1 Å². The molecule has 0 saturated heterocycles. The van der Waals surface area contributed by atoms with Gasteiger partial charge in [0.05, 0.1) is 7.11 Å². The fourth-order valence-corrected chi connectivity index (χ4v) is 1.34. The summed E-state index contributed by atoms with van der Waals surface area (Å²) in [6.45, 7) is 3.04. The molecule has 0 fully saturated rings. The third-order valence-corrected chi connectivity index (χ3v) is 2.41. The third kappa shape index (κ3) is 4.57. The number of esters is 1. The first-order valence-corrected chi connectivity index (χ1v) is 5.74. The van der Waals surface area contributed by atoms with Gasteiger partial charge in [0.25, 0.3) is 5.91 Å². The van der Waals surface area contributed by atoms with Gasteiger partial charge in [0.1, 0.15) is 17.6 Å². The second kappa shape index (κ2) is 6.72. The lowest BCUT2D eigenvalue weighted by Crippen LogP contribution is -2.45. The summed E-state index contributed by atoms with van der Waals surface area (Å²) in [6, 6.07) is 4.55. The second-order valence-electron chi connectivity index (χ2n) is 3.97. The van der Waals surface area contributed by atoms with Crippen molar-refractivity contribution in [1.29, 1.82) is 0 Å². The van der Waals surface area contributed by atoms with Crippen molar-refractivity contribution >= 4 is 11.9 Å². The van der Waals surface area contributed by atoms with Crippen LogP contribution < -0.4 is 10.1 Å². The Morgan fingerprint density at radius 1 is 1.21 bits per heavy atom. The number of hydrogen-bond donors (Lipinski definition) is 1. The van der Waals surface area contributed by atoms with E-state index in [9.17, 15) is 14.0 Å². The van der Waals surface area contributed by atoms with Gasteiger partial charge in [0.2, 0.25) is 0 Å². The highest BCUT2D eigenvalue weighted by Crippen LogP contribution is 2.13. The number of rotatable bonds is 5. The molecule has 0 bridgehead atoms. The second-order valence-corrected chi connectivity index (χ2v) is 3.97. The summed E-state index contributed by atoms with van der Waals surface area (Å²) in [5.74, 6) is -1.01. The van der Waals surface area contributed by atoms with Crippen LogP contribution in [-0.4, -0.2) is 31.1 Å². The Morgan fingerprint density at radius 3 is 2.32 bits per heavy atom. The highest BCUT2D eigenvalue weighted by Gasteiger charge is 2.21. The van der Waals surface area contributed by atoms with Crippen LogP contribution in [0.2, 0.25) is 0 Å². The van der Waals surface area contributed by atoms with Crippen LogP contribution in [0.5, 0.6) is 5.75 Å². The topological polar surface area (TPSA) is 64.6 Å². The van der Waals surface area contributed by atoms with Crippen LogP contribution in [0.25, 0.3) is 0 Å². The van der Waals surface area contributed by atoms with E-state index >= 15 is 0 Å². The minimum absolute atomic E-state index is 0.370. The summed E-state index contributed by atoms with van der Waals surface area (Å²) in [5, 5.41) is 2.45. The Morgan fingerprint density at radius 2 is 1.79 bits per heavy atom. The average molecular weight is 269 g/mol. The molecule has 1 aromatic carbocycles. The van der Waals surface area contributed by atoms with Crippen LogP contribution in [0, 0.1) is 5.82 Å². The van der Waals surface area contributed by atoms with Crippen LogP contribution in [-0.2, 0) is 14.3 Å². The molecule has 0 saturated carbocycles. The first-order valence-electron chi connectivity index (χ1n) is 5.74. The van der Waals surface area contributed by atoms with Crippen molar-refractivity contribution in [3.05, 3.63) is 30.1 Å². The fraction of sp³-hybridized carbons (Fsp3) is 0.385. The van der Waals surface area contributed by atoms with Crippen molar-refractivity contribution in [2.45, 2.75) is 26.0 Å². The van der Waals surface area contributed by atoms with Gasteiger partial charge >= 0.3 is 5.97 Å². The Bertz CT molecular complexity index is 446. The number of hydrogen-bond acceptors (Lipinski definition) is 4. The maximum absolute atomic E-state index is 12.7. The molecule has 1 aromatic rings. The van der Waals surface area contributed by atoms with Crippen molar-refractivity contribution in [3.63, 3.8) is 0 Å². The largest absolute Gasteiger partial charge is 0.481 e. The summed E-state index contributed by atoms with van der Waals surface area (Å²) in [6.07, 6.45) is -0.808. The molecule has 0 aliphatic carbocycles. The summed E-state index contributed by atoms with van der Waals surface area (Å²) in [7, 11) is 1.24. The molecule has 6 heteroatoms. The number of methoxy groups -OCH3 is 1. The Kier molecular flexibility index (Phi) is 5.29. The summed E-state index contributed by atoms with van der Waals surface area (Å²) < 4.78 is 22.5. The van der Waals surface area contributed by atoms with Crippen molar-refractivity contribution < 1.29 is 23.5 Å². The van der Waals surface area contributed by atoms with E-state index in [1.807, 2.05) is 0 Å². The highest BCUT2D eigenvalue weighted by atomic mass is 19.1. The molecule has 1 amide bonds. The SMILES string of the molecule is COC(=O)[C@H](C)NC(=O)C(C)Oc1ccc(F)cc1. The molecule has 1 rings (SSSR count). The van der Waals surface area contributed by atoms with E-state index in [1.165, 1.54) is 45.2 Å². The number of carbonyl (C=O) groups is 2. The minimum atomic E-state index is -0.808. The van der Waals surface area contributed by atoms with Gasteiger partial charge in [-0.1, -0.05) is 0 Å². The molecule has 0 aromatic heterocycles. The third-order valence-electron chi connectivity index (χ3n) is 2.41. The number of carbonyl (C=O) groups excluding carboxylic acids is 2. The lowest BCUT2D eigenvalue weighted by Gasteiger charge is -2.17. The normalized spacial score (nSPS) is 13.3. The molecule has 0 heterocycles. The zero-order valence-electron chi connectivity index (χ0n) is 11.0. The number of halogens is 1. The van der Waals surface area contributed by atoms with Gasteiger partial charge in [0.15, 0.2) is 6.10 Å². The van der Waals surface area contributed by atoms with Crippen LogP contribution in [0.3, 0.4) is 0 Å². The summed E-state index contributed by atoms with van der Waals surface area (Å²) >= 11 is 0. The Hall–Kier alpha value is -2.11. The number of ether oxygens (including phenoxy) is 2. The zero-order chi connectivity index (χ0) is 14.4. The lowest BCUT2D eigenvalue weighted by atomic mass is 10.3. The molecular weight excluding hydrogens is 253 g/mol. The molecule has 0 aliphatic rings. The van der Waals surface area contributed by atoms with Crippen LogP contribution >= 0.6 is 0 Å². The Labute approximate surface area is 110 Å². The van der Waals surface area contributed by atoms with E-state index in [-0.39, 0.29) is 5.82 Å². The first kappa shape index (κ1) is 14.9. The van der Waals surface area contributed by atoms with E-state index in [0.29, 0.717) is 5.75 Å². The van der Waals surface area contributed by atoms with Crippen molar-refractivity contribution in [3.8, 4) is 5.75 Å². The number of amides is 1. The minimum Gasteiger partial charge on any atom is -0.481 e. The highest BCUT2D eigenvalue weighted by molar-refractivity contribution is 5.86. The van der Waals surface area contributed by atoms with Gasteiger partial charge in [-0.25, -0.2) is 9.18 Å². The van der Waals surface area contributed by atoms with Crippen molar-refractivity contribution in [2.75, 3.05) is 7.11 Å². The van der Waals surface area contributed by atoms with Gasteiger partial charge in [-0.15, -0.1) is 0 Å². The zero-order valence-corrected chi connectivity index (χ0v) is 11.0. The molecule has 1 unspecified atom stereocenters. The molecule has 19 heavy (non-hydrogen) atoms. The predicted octanol–water partition coefficient (Wildman–Crippen LogP) is 1.27. The van der Waals surface area contributed by atoms with Crippen molar-refractivity contribution in [1.82, 2.24) is 5.32 Å². The first-order chi connectivity index (χ1) is 8.93. The lowest BCUT2D eigenvalue weighted by molar-refractivity contribution is -0.145. The molecular formula is C13H16FNO4. The van der Waals surface area contributed by atoms with Gasteiger partial charge in [0, 0.05) is 0 Å². The monoisotopic (exact) mass is 269 g/mol. The molecule has 5 nitrogen and oxygen atoms in total. The van der Waals surface area contributed by atoms with Crippen molar-refractivity contribution in [2.24, 2.45) is 0 Å². The van der Waals surface area contributed by atoms with E-state index < -0.39 is 24.0 Å². The number of benzene rings is 1. The standard InChI is InChI=1S/C13H16FNO4/c1-8(13(17)18-3)15-12(16)9(2)19-11-6-4-10(14)5-7-11/h4-9H,1-3H3,(H,15,16)/t8-,9?/m0/s1. The van der Waals surface area contributed by atoms with E-state index in [1.54, 1.807) is 0 Å². The summed E-state index contributed by atoms with van der Waals surface area (Å²) in [5.41, 5.74) is 0. The maximum atomic E-state index is 12.7. The van der Waals surface area contributed by atoms with Crippen LogP contribution in [0.1, 0.15) is 13.8 Å². The van der Waals surface area contributed by atoms with Gasteiger partial charge in [-0.2, -0.15) is 0 Å². The molecule has 1 N–H and O–H groups in total. The molecule has 104 valence electrons. The smallest absolute Gasteiger partial charge is 0.328 e. The van der Waals surface area contributed by atoms with Crippen LogP contribution in [0.15, 0.2) is 24.3 Å². The van der Waals surface area contributed by atoms with E-state index in [2.05, 4.69) is 10.1 Å². The van der Waals surface area contributed by atoms with Crippen LogP contribution in [0.4, 0.5) is 4.39 Å². The molecule has 0 spiro atoms. The maximum Gasteiger partial charge on any atom is 0.328 e. The average Bonchev–Trinajstić information content (AvgIpc) is 2.40. The van der Waals surface area contributed by atoms with E-state index in [0.717, 1.165) is 0 Å². The quantitative estimate of drug-likeness (QED) is 0.818.